The van der Waals surface area contributed by atoms with E-state index in [4.69, 9.17) is 0 Å². The SMILES string of the molecule is CC(C)c1ccc(CCNC(=O)CCc2c[nH]c3ccccc23)cc1. The van der Waals surface area contributed by atoms with Crippen molar-refractivity contribution in [2.24, 2.45) is 0 Å². The van der Waals surface area contributed by atoms with Crippen LogP contribution >= 0.6 is 0 Å². The van der Waals surface area contributed by atoms with Crippen molar-refractivity contribution in [3.05, 3.63) is 71.4 Å². The van der Waals surface area contributed by atoms with Crippen LogP contribution in [0.1, 0.15) is 42.9 Å². The standard InChI is InChI=1S/C22H26N2O/c1-16(2)18-9-7-17(8-10-18)13-14-23-22(25)12-11-19-15-24-21-6-4-3-5-20(19)21/h3-10,15-16,24H,11-14H2,1-2H3,(H,23,25). The Kier molecular flexibility index (Phi) is 5.54. The highest BCUT2D eigenvalue weighted by molar-refractivity contribution is 5.84. The Morgan fingerprint density at radius 2 is 1.80 bits per heavy atom. The second-order valence-corrected chi connectivity index (χ2v) is 6.86. The number of carbonyl (C=O) groups is 1. The lowest BCUT2D eigenvalue weighted by atomic mass is 10.0. The Morgan fingerprint density at radius 1 is 1.04 bits per heavy atom. The van der Waals surface area contributed by atoms with Crippen LogP contribution in [0.5, 0.6) is 0 Å². The number of amides is 1. The Morgan fingerprint density at radius 3 is 2.56 bits per heavy atom. The van der Waals surface area contributed by atoms with Gasteiger partial charge < -0.3 is 10.3 Å². The zero-order valence-corrected chi connectivity index (χ0v) is 15.0. The first kappa shape index (κ1) is 17.3. The molecule has 1 aromatic heterocycles. The van der Waals surface area contributed by atoms with Crippen LogP contribution in [0.3, 0.4) is 0 Å². The van der Waals surface area contributed by atoms with Crippen LogP contribution in [0.4, 0.5) is 0 Å². The second kappa shape index (κ2) is 8.02. The number of aryl methyl sites for hydroxylation is 1. The molecule has 3 rings (SSSR count). The van der Waals surface area contributed by atoms with E-state index in [0.29, 0.717) is 18.9 Å². The fraction of sp³-hybridized carbons (Fsp3) is 0.318. The number of H-pyrrole nitrogens is 1. The number of fused-ring (bicyclic) bond motifs is 1. The molecule has 0 aliphatic carbocycles. The third kappa shape index (κ3) is 4.50. The van der Waals surface area contributed by atoms with Gasteiger partial charge in [0.05, 0.1) is 0 Å². The van der Waals surface area contributed by atoms with E-state index in [0.717, 1.165) is 18.4 Å². The van der Waals surface area contributed by atoms with Gasteiger partial charge in [0.1, 0.15) is 0 Å². The highest BCUT2D eigenvalue weighted by Crippen LogP contribution is 2.19. The minimum atomic E-state index is 0.115. The van der Waals surface area contributed by atoms with Crippen molar-refractivity contribution in [3.63, 3.8) is 0 Å². The molecule has 0 atom stereocenters. The molecule has 0 aliphatic heterocycles. The van der Waals surface area contributed by atoms with Gasteiger partial charge in [-0.1, -0.05) is 56.3 Å². The highest BCUT2D eigenvalue weighted by atomic mass is 16.1. The van der Waals surface area contributed by atoms with Gasteiger partial charge in [0.25, 0.3) is 0 Å². The van der Waals surface area contributed by atoms with Crippen LogP contribution in [-0.2, 0) is 17.6 Å². The first-order valence-corrected chi connectivity index (χ1v) is 9.04. The van der Waals surface area contributed by atoms with Crippen molar-refractivity contribution in [1.82, 2.24) is 10.3 Å². The van der Waals surface area contributed by atoms with Crippen LogP contribution in [0.15, 0.2) is 54.7 Å². The maximum atomic E-state index is 12.1. The van der Waals surface area contributed by atoms with Gasteiger partial charge in [-0.05, 0) is 41.5 Å². The Bertz CT molecular complexity index is 831. The number of aromatic nitrogens is 1. The zero-order chi connectivity index (χ0) is 17.6. The third-order valence-corrected chi connectivity index (χ3v) is 4.68. The summed E-state index contributed by atoms with van der Waals surface area (Å²) in [7, 11) is 0. The van der Waals surface area contributed by atoms with Crippen molar-refractivity contribution >= 4 is 16.8 Å². The number of aromatic amines is 1. The van der Waals surface area contributed by atoms with E-state index in [1.807, 2.05) is 18.3 Å². The molecule has 0 bridgehead atoms. The monoisotopic (exact) mass is 334 g/mol. The summed E-state index contributed by atoms with van der Waals surface area (Å²) in [5.74, 6) is 0.669. The maximum Gasteiger partial charge on any atom is 0.220 e. The smallest absolute Gasteiger partial charge is 0.220 e. The molecule has 1 amide bonds. The summed E-state index contributed by atoms with van der Waals surface area (Å²) >= 11 is 0. The Balaban J connectivity index is 1.43. The van der Waals surface area contributed by atoms with Crippen molar-refractivity contribution in [1.29, 1.82) is 0 Å². The predicted octanol–water partition coefficient (Wildman–Crippen LogP) is 4.58. The number of nitrogens with one attached hydrogen (secondary N) is 2. The van der Waals surface area contributed by atoms with Crippen LogP contribution in [-0.4, -0.2) is 17.4 Å². The molecule has 0 radical (unpaired) electrons. The van der Waals surface area contributed by atoms with Crippen LogP contribution < -0.4 is 5.32 Å². The molecule has 25 heavy (non-hydrogen) atoms. The van der Waals surface area contributed by atoms with Gasteiger partial charge in [-0.15, -0.1) is 0 Å². The zero-order valence-electron chi connectivity index (χ0n) is 15.0. The van der Waals surface area contributed by atoms with Gasteiger partial charge in [0.2, 0.25) is 5.91 Å². The molecule has 0 fully saturated rings. The largest absolute Gasteiger partial charge is 0.361 e. The topological polar surface area (TPSA) is 44.9 Å². The number of hydrogen-bond donors (Lipinski definition) is 2. The van der Waals surface area contributed by atoms with E-state index < -0.39 is 0 Å². The summed E-state index contributed by atoms with van der Waals surface area (Å²) in [4.78, 5) is 15.3. The Labute approximate surface area is 149 Å². The number of carbonyl (C=O) groups excluding carboxylic acids is 1. The fourth-order valence-corrected chi connectivity index (χ4v) is 3.09. The molecule has 3 aromatic rings. The molecule has 2 aromatic carbocycles. The molecule has 0 spiro atoms. The van der Waals surface area contributed by atoms with Gasteiger partial charge in [0, 0.05) is 30.1 Å². The van der Waals surface area contributed by atoms with Gasteiger partial charge >= 0.3 is 0 Å². The molecular formula is C22H26N2O. The molecule has 0 unspecified atom stereocenters. The average Bonchev–Trinajstić information content (AvgIpc) is 3.03. The first-order valence-electron chi connectivity index (χ1n) is 9.04. The summed E-state index contributed by atoms with van der Waals surface area (Å²) in [6, 6.07) is 16.9. The molecule has 0 saturated carbocycles. The van der Waals surface area contributed by atoms with Gasteiger partial charge in [-0.2, -0.15) is 0 Å². The van der Waals surface area contributed by atoms with Gasteiger partial charge in [0.15, 0.2) is 0 Å². The van der Waals surface area contributed by atoms with Crippen LogP contribution in [0.2, 0.25) is 0 Å². The highest BCUT2D eigenvalue weighted by Gasteiger charge is 2.06. The number of benzene rings is 2. The van der Waals surface area contributed by atoms with E-state index in [1.165, 1.54) is 22.1 Å². The fourth-order valence-electron chi connectivity index (χ4n) is 3.09. The lowest BCUT2D eigenvalue weighted by molar-refractivity contribution is -0.121. The van der Waals surface area contributed by atoms with Crippen LogP contribution in [0.25, 0.3) is 10.9 Å². The number of hydrogen-bond acceptors (Lipinski definition) is 1. The molecular weight excluding hydrogens is 308 g/mol. The predicted molar refractivity (Wildman–Crippen MR) is 104 cm³/mol. The molecule has 0 saturated heterocycles. The Hall–Kier alpha value is -2.55. The average molecular weight is 334 g/mol. The van der Waals surface area contributed by atoms with E-state index in [2.05, 4.69) is 60.5 Å². The number of para-hydroxylation sites is 1. The van der Waals surface area contributed by atoms with Crippen LogP contribution in [0, 0.1) is 0 Å². The summed E-state index contributed by atoms with van der Waals surface area (Å²) in [5.41, 5.74) is 4.95. The van der Waals surface area contributed by atoms with E-state index >= 15 is 0 Å². The van der Waals surface area contributed by atoms with Gasteiger partial charge in [-0.3, -0.25) is 4.79 Å². The van der Waals surface area contributed by atoms with E-state index in [9.17, 15) is 4.79 Å². The maximum absolute atomic E-state index is 12.1. The summed E-state index contributed by atoms with van der Waals surface area (Å²) < 4.78 is 0. The molecule has 130 valence electrons. The summed E-state index contributed by atoms with van der Waals surface area (Å²) in [5, 5.41) is 4.24. The summed E-state index contributed by atoms with van der Waals surface area (Å²) in [6.45, 7) is 5.08. The van der Waals surface area contributed by atoms with Crippen molar-refractivity contribution in [3.8, 4) is 0 Å². The summed E-state index contributed by atoms with van der Waals surface area (Å²) in [6.07, 6.45) is 4.17. The lowest BCUT2D eigenvalue weighted by Gasteiger charge is -2.08. The normalized spacial score (nSPS) is 11.2. The minimum absolute atomic E-state index is 0.115. The third-order valence-electron chi connectivity index (χ3n) is 4.68. The molecule has 2 N–H and O–H groups in total. The number of rotatable bonds is 7. The lowest BCUT2D eigenvalue weighted by Crippen LogP contribution is -2.25. The second-order valence-electron chi connectivity index (χ2n) is 6.86. The van der Waals surface area contributed by atoms with Crippen molar-refractivity contribution < 1.29 is 4.79 Å². The molecule has 0 aliphatic rings. The minimum Gasteiger partial charge on any atom is -0.361 e. The van der Waals surface area contributed by atoms with E-state index in [1.54, 1.807) is 0 Å². The molecule has 3 heteroatoms. The molecule has 1 heterocycles. The van der Waals surface area contributed by atoms with Gasteiger partial charge in [-0.25, -0.2) is 0 Å². The van der Waals surface area contributed by atoms with Crippen molar-refractivity contribution in [2.75, 3.05) is 6.54 Å². The first-order chi connectivity index (χ1) is 12.1. The quantitative estimate of drug-likeness (QED) is 0.652. The molecule has 3 nitrogen and oxygen atoms in total. The van der Waals surface area contributed by atoms with Crippen molar-refractivity contribution in [2.45, 2.75) is 39.0 Å². The van der Waals surface area contributed by atoms with E-state index in [-0.39, 0.29) is 5.91 Å².